The first kappa shape index (κ1) is 13.9. The van der Waals surface area contributed by atoms with Crippen molar-refractivity contribution in [2.24, 2.45) is 0 Å². The fraction of sp³-hybridized carbons (Fsp3) is 0.562. The summed E-state index contributed by atoms with van der Waals surface area (Å²) in [6.45, 7) is 10.3. The van der Waals surface area contributed by atoms with Crippen molar-refractivity contribution in [3.63, 3.8) is 0 Å². The lowest BCUT2D eigenvalue weighted by molar-refractivity contribution is -0.138. The minimum Gasteiger partial charge on any atom is -0.480 e. The van der Waals surface area contributed by atoms with Gasteiger partial charge in [0.1, 0.15) is 6.04 Å². The molecule has 1 aromatic carbocycles. The summed E-state index contributed by atoms with van der Waals surface area (Å²) in [5, 5.41) is 9.37. The molecule has 1 aliphatic heterocycles. The summed E-state index contributed by atoms with van der Waals surface area (Å²) < 4.78 is 0. The van der Waals surface area contributed by atoms with E-state index >= 15 is 0 Å². The maximum Gasteiger partial charge on any atom is 0.326 e. The Morgan fingerprint density at radius 1 is 1.47 bits per heavy atom. The molecule has 0 radical (unpaired) electrons. The van der Waals surface area contributed by atoms with E-state index < -0.39 is 12.0 Å². The molecule has 19 heavy (non-hydrogen) atoms. The zero-order valence-electron chi connectivity index (χ0n) is 12.4. The van der Waals surface area contributed by atoms with Crippen LogP contribution in [-0.2, 0) is 4.79 Å². The van der Waals surface area contributed by atoms with Gasteiger partial charge in [-0.2, -0.15) is 0 Å². The van der Waals surface area contributed by atoms with Crippen molar-refractivity contribution in [3.8, 4) is 0 Å². The highest BCUT2D eigenvalue weighted by molar-refractivity contribution is 5.79. The van der Waals surface area contributed by atoms with Crippen LogP contribution in [-0.4, -0.2) is 22.7 Å². The Bertz CT molecular complexity index is 507. The van der Waals surface area contributed by atoms with Gasteiger partial charge in [0.25, 0.3) is 0 Å². The highest BCUT2D eigenvalue weighted by atomic mass is 16.4. The number of carboxylic acid groups (broad SMARTS) is 1. The number of benzene rings is 1. The molecule has 2 rings (SSSR count). The first-order chi connectivity index (χ1) is 8.74. The molecule has 0 fully saturated rings. The maximum atomic E-state index is 11.4. The zero-order valence-corrected chi connectivity index (χ0v) is 12.4. The fourth-order valence-corrected chi connectivity index (χ4v) is 3.42. The molecule has 0 aromatic heterocycles. The second-order valence-electron chi connectivity index (χ2n) is 6.36. The number of hydrogen-bond donors (Lipinski definition) is 1. The summed E-state index contributed by atoms with van der Waals surface area (Å²) in [7, 11) is 0. The van der Waals surface area contributed by atoms with Crippen LogP contribution in [0.4, 0.5) is 5.69 Å². The third-order valence-corrected chi connectivity index (χ3v) is 4.18. The van der Waals surface area contributed by atoms with Gasteiger partial charge in [0, 0.05) is 11.2 Å². The van der Waals surface area contributed by atoms with Crippen LogP contribution in [0, 0.1) is 6.92 Å². The predicted molar refractivity (Wildman–Crippen MR) is 77.9 cm³/mol. The molecule has 1 heterocycles. The highest BCUT2D eigenvalue weighted by Gasteiger charge is 2.40. The minimum atomic E-state index is -0.769. The van der Waals surface area contributed by atoms with Crippen LogP contribution in [0.2, 0.25) is 0 Å². The van der Waals surface area contributed by atoms with Crippen molar-refractivity contribution in [2.45, 2.75) is 58.5 Å². The first-order valence-corrected chi connectivity index (χ1v) is 6.87. The third-order valence-electron chi connectivity index (χ3n) is 4.18. The standard InChI is InChI=1S/C16H23NO2/c1-10-6-7-14-13(8-10)11(2)9-16(4,5)17(14)12(3)15(18)19/h6-8,11-12H,9H2,1-5H3,(H,18,19). The minimum absolute atomic E-state index is 0.139. The van der Waals surface area contributed by atoms with Gasteiger partial charge in [0.05, 0.1) is 0 Å². The lowest BCUT2D eigenvalue weighted by Crippen LogP contribution is -2.55. The molecule has 104 valence electrons. The summed E-state index contributed by atoms with van der Waals surface area (Å²) in [4.78, 5) is 13.5. The molecule has 2 atom stereocenters. The van der Waals surface area contributed by atoms with E-state index in [1.807, 2.05) is 0 Å². The number of carboxylic acids is 1. The van der Waals surface area contributed by atoms with Crippen molar-refractivity contribution in [1.29, 1.82) is 0 Å². The SMILES string of the molecule is Cc1ccc2c(c1)C(C)CC(C)(C)N2C(C)C(=O)O. The van der Waals surface area contributed by atoms with Crippen molar-refractivity contribution >= 4 is 11.7 Å². The molecule has 0 saturated carbocycles. The number of carbonyl (C=O) groups is 1. The van der Waals surface area contributed by atoms with Crippen LogP contribution in [0.15, 0.2) is 18.2 Å². The van der Waals surface area contributed by atoms with Crippen LogP contribution in [0.5, 0.6) is 0 Å². The van der Waals surface area contributed by atoms with Gasteiger partial charge in [-0.05, 0) is 51.7 Å². The Morgan fingerprint density at radius 3 is 2.68 bits per heavy atom. The van der Waals surface area contributed by atoms with Crippen LogP contribution in [0.3, 0.4) is 0 Å². The largest absolute Gasteiger partial charge is 0.480 e. The number of rotatable bonds is 2. The average molecular weight is 261 g/mol. The molecule has 3 nitrogen and oxygen atoms in total. The Labute approximate surface area is 115 Å². The van der Waals surface area contributed by atoms with Crippen LogP contribution in [0.1, 0.15) is 51.2 Å². The number of fused-ring (bicyclic) bond motifs is 1. The molecular weight excluding hydrogens is 238 g/mol. The average Bonchev–Trinajstić information content (AvgIpc) is 2.28. The second-order valence-corrected chi connectivity index (χ2v) is 6.36. The molecular formula is C16H23NO2. The number of nitrogens with zero attached hydrogens (tertiary/aromatic N) is 1. The van der Waals surface area contributed by atoms with E-state index in [1.54, 1.807) is 6.92 Å². The lowest BCUT2D eigenvalue weighted by atomic mass is 9.79. The van der Waals surface area contributed by atoms with Gasteiger partial charge in [-0.15, -0.1) is 0 Å². The van der Waals surface area contributed by atoms with Gasteiger partial charge in [0.2, 0.25) is 0 Å². The first-order valence-electron chi connectivity index (χ1n) is 6.87. The Morgan fingerprint density at radius 2 is 2.11 bits per heavy atom. The number of aliphatic carboxylic acids is 1. The van der Waals surface area contributed by atoms with E-state index in [0.717, 1.165) is 12.1 Å². The molecule has 1 aromatic rings. The van der Waals surface area contributed by atoms with Gasteiger partial charge in [0.15, 0.2) is 0 Å². The topological polar surface area (TPSA) is 40.5 Å². The number of aryl methyl sites for hydroxylation is 1. The van der Waals surface area contributed by atoms with E-state index in [0.29, 0.717) is 5.92 Å². The molecule has 0 spiro atoms. The lowest BCUT2D eigenvalue weighted by Gasteiger charge is -2.49. The van der Waals surface area contributed by atoms with Crippen molar-refractivity contribution in [3.05, 3.63) is 29.3 Å². The fourth-order valence-electron chi connectivity index (χ4n) is 3.42. The Kier molecular flexibility index (Phi) is 3.33. The Hall–Kier alpha value is -1.51. The van der Waals surface area contributed by atoms with Crippen LogP contribution >= 0.6 is 0 Å². The summed E-state index contributed by atoms with van der Waals surface area (Å²) in [5.41, 5.74) is 3.43. The molecule has 3 heteroatoms. The molecule has 1 N–H and O–H groups in total. The van der Waals surface area contributed by atoms with Crippen LogP contribution < -0.4 is 4.90 Å². The summed E-state index contributed by atoms with van der Waals surface area (Å²) in [6, 6.07) is 5.82. The van der Waals surface area contributed by atoms with Crippen molar-refractivity contribution in [2.75, 3.05) is 4.90 Å². The summed E-state index contributed by atoms with van der Waals surface area (Å²) in [6.07, 6.45) is 0.973. The zero-order chi connectivity index (χ0) is 14.4. The quantitative estimate of drug-likeness (QED) is 0.885. The molecule has 0 amide bonds. The summed E-state index contributed by atoms with van der Waals surface area (Å²) >= 11 is 0. The van der Waals surface area contributed by atoms with Crippen molar-refractivity contribution in [1.82, 2.24) is 0 Å². The molecule has 2 unspecified atom stereocenters. The molecule has 0 aliphatic carbocycles. The molecule has 0 bridgehead atoms. The summed E-state index contributed by atoms with van der Waals surface area (Å²) in [5.74, 6) is -0.309. The normalized spacial score (nSPS) is 22.8. The Balaban J connectivity index is 2.58. The second kappa shape index (κ2) is 4.55. The van der Waals surface area contributed by atoms with Crippen molar-refractivity contribution < 1.29 is 9.90 Å². The van der Waals surface area contributed by atoms with E-state index in [1.165, 1.54) is 11.1 Å². The van der Waals surface area contributed by atoms with Crippen LogP contribution in [0.25, 0.3) is 0 Å². The molecule has 0 saturated heterocycles. The van der Waals surface area contributed by atoms with Gasteiger partial charge in [-0.1, -0.05) is 24.6 Å². The monoisotopic (exact) mass is 261 g/mol. The number of anilines is 1. The van der Waals surface area contributed by atoms with E-state index in [-0.39, 0.29) is 5.54 Å². The van der Waals surface area contributed by atoms with Gasteiger partial charge < -0.3 is 10.0 Å². The van der Waals surface area contributed by atoms with E-state index in [2.05, 4.69) is 50.8 Å². The predicted octanol–water partition coefficient (Wildman–Crippen LogP) is 3.56. The third kappa shape index (κ3) is 2.34. The molecule has 1 aliphatic rings. The van der Waals surface area contributed by atoms with E-state index in [4.69, 9.17) is 0 Å². The van der Waals surface area contributed by atoms with Gasteiger partial charge in [-0.25, -0.2) is 4.79 Å². The van der Waals surface area contributed by atoms with E-state index in [9.17, 15) is 9.90 Å². The van der Waals surface area contributed by atoms with Gasteiger partial charge >= 0.3 is 5.97 Å². The van der Waals surface area contributed by atoms with Gasteiger partial charge in [-0.3, -0.25) is 0 Å². The maximum absolute atomic E-state index is 11.4. The highest BCUT2D eigenvalue weighted by Crippen LogP contribution is 2.44. The smallest absolute Gasteiger partial charge is 0.326 e. The number of hydrogen-bond acceptors (Lipinski definition) is 2.